The molecule has 2 rings (SSSR count). The number of methoxy groups -OCH3 is 2. The average molecular weight is 265 g/mol. The predicted molar refractivity (Wildman–Crippen MR) is 67.6 cm³/mol. The Bertz CT molecular complexity index is 492. The fourth-order valence-corrected chi connectivity index (χ4v) is 2.07. The van der Waals surface area contributed by atoms with Gasteiger partial charge in [-0.3, -0.25) is 9.59 Å². The Morgan fingerprint density at radius 1 is 1.26 bits per heavy atom. The second kappa shape index (κ2) is 5.17. The van der Waals surface area contributed by atoms with Crippen molar-refractivity contribution in [2.75, 3.05) is 25.7 Å². The number of rotatable bonds is 4. The second-order valence-electron chi connectivity index (χ2n) is 4.31. The van der Waals surface area contributed by atoms with Crippen molar-refractivity contribution in [2.45, 2.75) is 6.42 Å². The van der Waals surface area contributed by atoms with E-state index in [0.717, 1.165) is 0 Å². The van der Waals surface area contributed by atoms with Gasteiger partial charge in [0.15, 0.2) is 0 Å². The zero-order valence-electron chi connectivity index (χ0n) is 10.8. The molecule has 0 spiro atoms. The quantitative estimate of drug-likeness (QED) is 0.883. The van der Waals surface area contributed by atoms with Crippen LogP contribution >= 0.6 is 0 Å². The van der Waals surface area contributed by atoms with Crippen LogP contribution in [0.25, 0.3) is 0 Å². The maximum absolute atomic E-state index is 11.9. The third kappa shape index (κ3) is 2.62. The summed E-state index contributed by atoms with van der Waals surface area (Å²) < 4.78 is 10.3. The number of ether oxygens (including phenoxy) is 2. The topological polar surface area (TPSA) is 76.1 Å². The first kappa shape index (κ1) is 13.2. The second-order valence-corrected chi connectivity index (χ2v) is 4.31. The van der Waals surface area contributed by atoms with Gasteiger partial charge in [0.2, 0.25) is 5.91 Å². The molecule has 1 aromatic carbocycles. The lowest BCUT2D eigenvalue weighted by Crippen LogP contribution is -2.25. The summed E-state index contributed by atoms with van der Waals surface area (Å²) in [5, 5.41) is 8.97. The molecule has 0 aromatic heterocycles. The van der Waals surface area contributed by atoms with Crippen LogP contribution in [0.15, 0.2) is 18.2 Å². The molecule has 0 aliphatic carbocycles. The van der Waals surface area contributed by atoms with Crippen molar-refractivity contribution in [3.63, 3.8) is 0 Å². The highest BCUT2D eigenvalue weighted by Gasteiger charge is 2.35. The maximum atomic E-state index is 11.9. The number of anilines is 1. The van der Waals surface area contributed by atoms with Gasteiger partial charge in [-0.25, -0.2) is 0 Å². The van der Waals surface area contributed by atoms with Crippen LogP contribution in [0.3, 0.4) is 0 Å². The summed E-state index contributed by atoms with van der Waals surface area (Å²) in [6.45, 7) is 0.171. The molecule has 1 fully saturated rings. The van der Waals surface area contributed by atoms with E-state index in [1.165, 1.54) is 19.1 Å². The monoisotopic (exact) mass is 265 g/mol. The number of hydrogen-bond donors (Lipinski definition) is 1. The number of amides is 1. The molecular weight excluding hydrogens is 250 g/mol. The normalized spacial score (nSPS) is 18.5. The number of benzene rings is 1. The molecule has 1 amide bonds. The summed E-state index contributed by atoms with van der Waals surface area (Å²) in [4.78, 5) is 24.3. The smallest absolute Gasteiger partial charge is 0.308 e. The van der Waals surface area contributed by atoms with Gasteiger partial charge >= 0.3 is 5.97 Å². The number of nitrogens with zero attached hydrogens (tertiary/aromatic N) is 1. The highest BCUT2D eigenvalue weighted by atomic mass is 16.5. The van der Waals surface area contributed by atoms with Gasteiger partial charge in [0.05, 0.1) is 25.8 Å². The third-order valence-corrected chi connectivity index (χ3v) is 3.12. The molecule has 6 nitrogen and oxygen atoms in total. The van der Waals surface area contributed by atoms with Crippen molar-refractivity contribution < 1.29 is 24.2 Å². The van der Waals surface area contributed by atoms with Crippen LogP contribution in [0.2, 0.25) is 0 Å². The minimum Gasteiger partial charge on any atom is -0.497 e. The lowest BCUT2D eigenvalue weighted by Gasteiger charge is -2.18. The van der Waals surface area contributed by atoms with Crippen molar-refractivity contribution >= 4 is 17.6 Å². The summed E-state index contributed by atoms with van der Waals surface area (Å²) in [5.74, 6) is -0.708. The first-order chi connectivity index (χ1) is 9.05. The van der Waals surface area contributed by atoms with E-state index in [4.69, 9.17) is 14.6 Å². The minimum absolute atomic E-state index is 0.0227. The summed E-state index contributed by atoms with van der Waals surface area (Å²) >= 11 is 0. The molecule has 1 aliphatic rings. The maximum Gasteiger partial charge on any atom is 0.308 e. The molecule has 1 N–H and O–H groups in total. The molecule has 19 heavy (non-hydrogen) atoms. The van der Waals surface area contributed by atoms with E-state index in [1.54, 1.807) is 18.2 Å². The molecule has 1 aromatic rings. The fourth-order valence-electron chi connectivity index (χ4n) is 2.07. The number of carboxylic acid groups (broad SMARTS) is 1. The Morgan fingerprint density at radius 2 is 1.84 bits per heavy atom. The summed E-state index contributed by atoms with van der Waals surface area (Å²) in [7, 11) is 3.04. The van der Waals surface area contributed by atoms with E-state index in [1.807, 2.05) is 0 Å². The van der Waals surface area contributed by atoms with Crippen LogP contribution in [0, 0.1) is 5.92 Å². The zero-order valence-corrected chi connectivity index (χ0v) is 10.8. The highest BCUT2D eigenvalue weighted by Crippen LogP contribution is 2.32. The lowest BCUT2D eigenvalue weighted by atomic mass is 10.1. The predicted octanol–water partition coefficient (Wildman–Crippen LogP) is 1.14. The van der Waals surface area contributed by atoms with Crippen LogP contribution in [-0.2, 0) is 9.59 Å². The van der Waals surface area contributed by atoms with Crippen LogP contribution in [0.4, 0.5) is 5.69 Å². The summed E-state index contributed by atoms with van der Waals surface area (Å²) in [6, 6.07) is 5.06. The molecular formula is C13H15NO5. The first-order valence-electron chi connectivity index (χ1n) is 5.81. The van der Waals surface area contributed by atoms with Gasteiger partial charge in [0.25, 0.3) is 0 Å². The molecule has 102 valence electrons. The van der Waals surface area contributed by atoms with Gasteiger partial charge in [-0.15, -0.1) is 0 Å². The molecule has 0 bridgehead atoms. The molecule has 0 radical (unpaired) electrons. The van der Waals surface area contributed by atoms with E-state index < -0.39 is 11.9 Å². The van der Waals surface area contributed by atoms with Crippen molar-refractivity contribution in [1.29, 1.82) is 0 Å². The average Bonchev–Trinajstić information content (AvgIpc) is 2.80. The Hall–Kier alpha value is -2.24. The van der Waals surface area contributed by atoms with Crippen LogP contribution in [0.5, 0.6) is 11.5 Å². The Morgan fingerprint density at radius 3 is 2.26 bits per heavy atom. The van der Waals surface area contributed by atoms with Gasteiger partial charge in [-0.2, -0.15) is 0 Å². The van der Waals surface area contributed by atoms with Crippen molar-refractivity contribution in [1.82, 2.24) is 0 Å². The van der Waals surface area contributed by atoms with Crippen LogP contribution < -0.4 is 14.4 Å². The fraction of sp³-hybridized carbons (Fsp3) is 0.385. The largest absolute Gasteiger partial charge is 0.497 e. The van der Waals surface area contributed by atoms with Gasteiger partial charge in [-0.05, 0) is 0 Å². The minimum atomic E-state index is -0.953. The van der Waals surface area contributed by atoms with E-state index in [-0.39, 0.29) is 18.9 Å². The molecule has 6 heteroatoms. The van der Waals surface area contributed by atoms with Gasteiger partial charge < -0.3 is 19.5 Å². The molecule has 1 saturated heterocycles. The Balaban J connectivity index is 2.31. The van der Waals surface area contributed by atoms with Gasteiger partial charge in [0.1, 0.15) is 11.5 Å². The van der Waals surface area contributed by atoms with E-state index >= 15 is 0 Å². The van der Waals surface area contributed by atoms with Gasteiger partial charge in [-0.1, -0.05) is 0 Å². The number of carbonyl (C=O) groups is 2. The molecule has 0 unspecified atom stereocenters. The van der Waals surface area contributed by atoms with Crippen LogP contribution in [0.1, 0.15) is 6.42 Å². The molecule has 1 heterocycles. The summed E-state index contributed by atoms with van der Waals surface area (Å²) in [6.07, 6.45) is 0.0227. The number of carbonyl (C=O) groups excluding carboxylic acids is 1. The summed E-state index contributed by atoms with van der Waals surface area (Å²) in [5.41, 5.74) is 0.588. The van der Waals surface area contributed by atoms with E-state index in [9.17, 15) is 9.59 Å². The van der Waals surface area contributed by atoms with E-state index in [2.05, 4.69) is 0 Å². The van der Waals surface area contributed by atoms with Crippen molar-refractivity contribution in [3.8, 4) is 11.5 Å². The van der Waals surface area contributed by atoms with Crippen molar-refractivity contribution in [3.05, 3.63) is 18.2 Å². The third-order valence-electron chi connectivity index (χ3n) is 3.12. The molecule has 0 saturated carbocycles. The highest BCUT2D eigenvalue weighted by molar-refractivity contribution is 5.99. The standard InChI is InChI=1S/C13H15NO5/c1-18-10-4-9(5-11(6-10)19-2)14-7-8(13(16)17)3-12(14)15/h4-6,8H,3,7H2,1-2H3,(H,16,17)/t8-/m1/s1. The van der Waals surface area contributed by atoms with E-state index in [0.29, 0.717) is 17.2 Å². The zero-order chi connectivity index (χ0) is 14.0. The van der Waals surface area contributed by atoms with Crippen LogP contribution in [-0.4, -0.2) is 37.7 Å². The number of carboxylic acids is 1. The number of hydrogen-bond acceptors (Lipinski definition) is 4. The van der Waals surface area contributed by atoms with Gasteiger partial charge in [0, 0.05) is 31.2 Å². The Kier molecular flexibility index (Phi) is 3.59. The molecule has 1 aliphatic heterocycles. The number of aliphatic carboxylic acids is 1. The lowest BCUT2D eigenvalue weighted by molar-refractivity contribution is -0.141. The first-order valence-corrected chi connectivity index (χ1v) is 5.81. The SMILES string of the molecule is COc1cc(OC)cc(N2C[C@H](C(=O)O)CC2=O)c1. The molecule has 1 atom stereocenters. The Labute approximate surface area is 110 Å². The van der Waals surface area contributed by atoms with Crippen molar-refractivity contribution in [2.24, 2.45) is 5.92 Å².